The molecule has 2 atom stereocenters. The van der Waals surface area contributed by atoms with E-state index in [1.54, 1.807) is 18.2 Å². The van der Waals surface area contributed by atoms with Gasteiger partial charge in [0.2, 0.25) is 15.9 Å². The molecule has 3 N–H and O–H groups in total. The predicted octanol–water partition coefficient (Wildman–Crippen LogP) is 1.32. The van der Waals surface area contributed by atoms with Crippen LogP contribution in [-0.4, -0.2) is 44.5 Å². The smallest absolute Gasteiger partial charge is 0.250 e. The van der Waals surface area contributed by atoms with Gasteiger partial charge in [-0.3, -0.25) is 9.52 Å². The Hall–Kier alpha value is -1.64. The molecule has 1 aromatic rings. The predicted molar refractivity (Wildman–Crippen MR) is 87.8 cm³/mol. The number of methoxy groups -OCH3 is 1. The average Bonchev–Trinajstić information content (AvgIpc) is 2.47. The van der Waals surface area contributed by atoms with Crippen molar-refractivity contribution in [1.82, 2.24) is 0 Å². The molecule has 7 nitrogen and oxygen atoms in total. The van der Waals surface area contributed by atoms with Crippen molar-refractivity contribution in [1.29, 1.82) is 0 Å². The van der Waals surface area contributed by atoms with Crippen molar-refractivity contribution < 1.29 is 23.1 Å². The molecule has 0 unspecified atom stereocenters. The third-order valence-electron chi connectivity index (χ3n) is 3.75. The van der Waals surface area contributed by atoms with Crippen LogP contribution in [0, 0.1) is 0 Å². The number of amides is 1. The second kappa shape index (κ2) is 7.76. The third kappa shape index (κ3) is 4.92. The Morgan fingerprint density at radius 1 is 1.30 bits per heavy atom. The van der Waals surface area contributed by atoms with Gasteiger partial charge in [0.25, 0.3) is 0 Å². The van der Waals surface area contributed by atoms with E-state index in [-0.39, 0.29) is 12.5 Å². The van der Waals surface area contributed by atoms with Gasteiger partial charge in [0.15, 0.2) is 0 Å². The van der Waals surface area contributed by atoms with E-state index in [1.165, 1.54) is 13.2 Å². The minimum absolute atomic E-state index is 0.0791. The maximum atomic E-state index is 12.4. The van der Waals surface area contributed by atoms with Gasteiger partial charge in [0, 0.05) is 12.8 Å². The molecule has 8 heteroatoms. The van der Waals surface area contributed by atoms with E-state index >= 15 is 0 Å². The molecule has 1 amide bonds. The van der Waals surface area contributed by atoms with Crippen LogP contribution in [0.1, 0.15) is 25.7 Å². The van der Waals surface area contributed by atoms with Crippen LogP contribution in [0.2, 0.25) is 0 Å². The maximum Gasteiger partial charge on any atom is 0.250 e. The lowest BCUT2D eigenvalue weighted by molar-refractivity contribution is -0.119. The van der Waals surface area contributed by atoms with E-state index in [0.717, 1.165) is 12.8 Å². The first-order valence-electron chi connectivity index (χ1n) is 7.51. The fourth-order valence-corrected chi connectivity index (χ4v) is 4.30. The first-order chi connectivity index (χ1) is 10.9. The molecule has 1 aliphatic carbocycles. The number of carbonyl (C=O) groups is 1. The van der Waals surface area contributed by atoms with Crippen molar-refractivity contribution in [3.8, 4) is 0 Å². The standard InChI is InChI=1S/C15H22N2O5S/c1-22-10-15(19)16-11-5-4-6-12(9-11)17-23(20,21)14-8-3-2-7-13(14)18/h4-6,9,13-14,17-18H,2-3,7-8,10H2,1H3,(H,16,19)/t13-,14+/m1/s1. The monoisotopic (exact) mass is 342 g/mol. The van der Waals surface area contributed by atoms with E-state index in [1.807, 2.05) is 0 Å². The number of hydrogen-bond acceptors (Lipinski definition) is 5. The Labute approximate surface area is 136 Å². The molecule has 0 spiro atoms. The molecule has 23 heavy (non-hydrogen) atoms. The lowest BCUT2D eigenvalue weighted by Crippen LogP contribution is -2.40. The fourth-order valence-electron chi connectivity index (χ4n) is 2.67. The first kappa shape index (κ1) is 17.7. The molecule has 1 aromatic carbocycles. The fraction of sp³-hybridized carbons (Fsp3) is 0.533. The lowest BCUT2D eigenvalue weighted by Gasteiger charge is -2.27. The Morgan fingerprint density at radius 3 is 2.70 bits per heavy atom. The zero-order valence-electron chi connectivity index (χ0n) is 13.0. The number of rotatable bonds is 6. The van der Waals surface area contributed by atoms with Gasteiger partial charge in [-0.05, 0) is 31.0 Å². The minimum atomic E-state index is -3.68. The van der Waals surface area contributed by atoms with E-state index in [9.17, 15) is 18.3 Å². The molecular weight excluding hydrogens is 320 g/mol. The van der Waals surface area contributed by atoms with Gasteiger partial charge in [-0.15, -0.1) is 0 Å². The molecule has 1 fully saturated rings. The van der Waals surface area contributed by atoms with Crippen molar-refractivity contribution >= 4 is 27.3 Å². The summed E-state index contributed by atoms with van der Waals surface area (Å²) in [6, 6.07) is 6.41. The molecule has 0 radical (unpaired) electrons. The number of aliphatic hydroxyl groups excluding tert-OH is 1. The Balaban J connectivity index is 2.08. The van der Waals surface area contributed by atoms with E-state index in [0.29, 0.717) is 24.2 Å². The van der Waals surface area contributed by atoms with Gasteiger partial charge in [0.05, 0.1) is 11.8 Å². The molecule has 0 bridgehead atoms. The summed E-state index contributed by atoms with van der Waals surface area (Å²) in [4.78, 5) is 11.5. The highest BCUT2D eigenvalue weighted by molar-refractivity contribution is 7.93. The number of carbonyl (C=O) groups excluding carboxylic acids is 1. The van der Waals surface area contributed by atoms with Gasteiger partial charge >= 0.3 is 0 Å². The van der Waals surface area contributed by atoms with Crippen LogP contribution >= 0.6 is 0 Å². The Bertz CT molecular complexity index is 647. The highest BCUT2D eigenvalue weighted by atomic mass is 32.2. The number of benzene rings is 1. The highest BCUT2D eigenvalue weighted by Gasteiger charge is 2.34. The molecule has 0 aliphatic heterocycles. The number of nitrogens with one attached hydrogen (secondary N) is 2. The number of anilines is 2. The van der Waals surface area contributed by atoms with Gasteiger partial charge in [-0.1, -0.05) is 18.9 Å². The SMILES string of the molecule is COCC(=O)Nc1cccc(NS(=O)(=O)[C@H]2CCCC[C@H]2O)c1. The molecule has 128 valence electrons. The van der Waals surface area contributed by atoms with E-state index in [4.69, 9.17) is 4.74 Å². The summed E-state index contributed by atoms with van der Waals surface area (Å²) in [6.07, 6.45) is 1.73. The molecule has 1 saturated carbocycles. The zero-order chi connectivity index (χ0) is 16.9. The molecular formula is C15H22N2O5S. The summed E-state index contributed by atoms with van der Waals surface area (Å²) in [7, 11) is -2.26. The average molecular weight is 342 g/mol. The summed E-state index contributed by atoms with van der Waals surface area (Å²) in [5.74, 6) is -0.324. The molecule has 0 heterocycles. The van der Waals surface area contributed by atoms with Crippen molar-refractivity contribution in [3.05, 3.63) is 24.3 Å². The van der Waals surface area contributed by atoms with Crippen molar-refractivity contribution in [2.75, 3.05) is 23.8 Å². The van der Waals surface area contributed by atoms with Gasteiger partial charge in [-0.25, -0.2) is 8.42 Å². The number of ether oxygens (including phenoxy) is 1. The second-order valence-corrected chi connectivity index (χ2v) is 7.50. The van der Waals surface area contributed by atoms with Gasteiger partial charge < -0.3 is 15.2 Å². The molecule has 1 aliphatic rings. The third-order valence-corrected chi connectivity index (χ3v) is 5.62. The van der Waals surface area contributed by atoms with Crippen LogP contribution in [0.5, 0.6) is 0 Å². The summed E-state index contributed by atoms with van der Waals surface area (Å²) >= 11 is 0. The van der Waals surface area contributed by atoms with E-state index < -0.39 is 21.4 Å². The van der Waals surface area contributed by atoms with Crippen LogP contribution < -0.4 is 10.0 Å². The lowest BCUT2D eigenvalue weighted by atomic mass is 9.97. The number of aliphatic hydroxyl groups is 1. The highest BCUT2D eigenvalue weighted by Crippen LogP contribution is 2.26. The normalized spacial score (nSPS) is 21.7. The quantitative estimate of drug-likeness (QED) is 0.723. The number of sulfonamides is 1. The molecule has 2 rings (SSSR count). The van der Waals surface area contributed by atoms with Crippen LogP contribution in [-0.2, 0) is 19.6 Å². The minimum Gasteiger partial charge on any atom is -0.392 e. The van der Waals surface area contributed by atoms with Crippen molar-refractivity contribution in [2.45, 2.75) is 37.0 Å². The van der Waals surface area contributed by atoms with E-state index in [2.05, 4.69) is 10.0 Å². The van der Waals surface area contributed by atoms with Crippen molar-refractivity contribution in [3.63, 3.8) is 0 Å². The van der Waals surface area contributed by atoms with Crippen LogP contribution in [0.15, 0.2) is 24.3 Å². The molecule has 0 saturated heterocycles. The molecule has 0 aromatic heterocycles. The second-order valence-electron chi connectivity index (χ2n) is 5.60. The van der Waals surface area contributed by atoms with Crippen molar-refractivity contribution in [2.24, 2.45) is 0 Å². The Morgan fingerprint density at radius 2 is 2.00 bits per heavy atom. The van der Waals surface area contributed by atoms with Gasteiger partial charge in [0.1, 0.15) is 11.9 Å². The topological polar surface area (TPSA) is 105 Å². The summed E-state index contributed by atoms with van der Waals surface area (Å²) in [6.45, 7) is -0.0791. The Kier molecular flexibility index (Phi) is 5.97. The van der Waals surface area contributed by atoms with Gasteiger partial charge in [-0.2, -0.15) is 0 Å². The summed E-state index contributed by atoms with van der Waals surface area (Å²) < 4.78 is 32.1. The first-order valence-corrected chi connectivity index (χ1v) is 9.05. The van der Waals surface area contributed by atoms with Crippen LogP contribution in [0.3, 0.4) is 0 Å². The summed E-state index contributed by atoms with van der Waals surface area (Å²) in [5, 5.41) is 11.7. The largest absolute Gasteiger partial charge is 0.392 e. The maximum absolute atomic E-state index is 12.4. The van der Waals surface area contributed by atoms with Crippen LogP contribution in [0.25, 0.3) is 0 Å². The summed E-state index contributed by atoms with van der Waals surface area (Å²) in [5.41, 5.74) is 0.814. The van der Waals surface area contributed by atoms with Crippen LogP contribution in [0.4, 0.5) is 11.4 Å². The number of hydrogen-bond donors (Lipinski definition) is 3. The zero-order valence-corrected chi connectivity index (χ0v) is 13.8.